The SMILES string of the molecule is Cc1cc(CC2CCC(C)CC2)nc2cc(C(=O)N3CCCCCC3)nn12. The third-order valence-corrected chi connectivity index (χ3v) is 6.40. The molecule has 5 nitrogen and oxygen atoms in total. The van der Waals surface area contributed by atoms with Crippen molar-refractivity contribution in [3.63, 3.8) is 0 Å². The molecule has 27 heavy (non-hydrogen) atoms. The first-order chi connectivity index (χ1) is 13.1. The van der Waals surface area contributed by atoms with Crippen LogP contribution in [-0.2, 0) is 6.42 Å². The summed E-state index contributed by atoms with van der Waals surface area (Å²) in [7, 11) is 0. The van der Waals surface area contributed by atoms with E-state index in [1.54, 1.807) is 0 Å². The van der Waals surface area contributed by atoms with Crippen LogP contribution in [0.15, 0.2) is 12.1 Å². The Balaban J connectivity index is 1.53. The summed E-state index contributed by atoms with van der Waals surface area (Å²) < 4.78 is 1.83. The Morgan fingerprint density at radius 1 is 1.07 bits per heavy atom. The van der Waals surface area contributed by atoms with E-state index in [4.69, 9.17) is 4.98 Å². The Morgan fingerprint density at radius 2 is 1.78 bits per heavy atom. The zero-order chi connectivity index (χ0) is 18.8. The molecule has 0 aromatic carbocycles. The number of fused-ring (bicyclic) bond motifs is 1. The number of nitrogens with zero attached hydrogens (tertiary/aromatic N) is 4. The van der Waals surface area contributed by atoms with Gasteiger partial charge in [0.15, 0.2) is 11.3 Å². The number of aromatic nitrogens is 3. The number of aryl methyl sites for hydroxylation is 1. The average molecular weight is 369 g/mol. The molecule has 2 fully saturated rings. The number of likely N-dealkylation sites (tertiary alicyclic amines) is 1. The summed E-state index contributed by atoms with van der Waals surface area (Å²) in [5.41, 5.74) is 3.56. The van der Waals surface area contributed by atoms with Crippen LogP contribution in [0.5, 0.6) is 0 Å². The number of carbonyl (C=O) groups excluding carboxylic acids is 1. The van der Waals surface area contributed by atoms with Crippen LogP contribution in [0.1, 0.15) is 80.2 Å². The molecular weight excluding hydrogens is 336 g/mol. The summed E-state index contributed by atoms with van der Waals surface area (Å²) in [5.74, 6) is 1.68. The summed E-state index contributed by atoms with van der Waals surface area (Å²) in [5, 5.41) is 4.58. The van der Waals surface area contributed by atoms with Crippen molar-refractivity contribution in [1.29, 1.82) is 0 Å². The van der Waals surface area contributed by atoms with E-state index in [9.17, 15) is 4.79 Å². The second kappa shape index (κ2) is 7.99. The molecule has 1 saturated carbocycles. The molecule has 0 spiro atoms. The normalized spacial score (nSPS) is 24.1. The monoisotopic (exact) mass is 368 g/mol. The Labute approximate surface area is 162 Å². The number of carbonyl (C=O) groups is 1. The lowest BCUT2D eigenvalue weighted by atomic mass is 9.81. The van der Waals surface area contributed by atoms with Gasteiger partial charge in [-0.2, -0.15) is 5.10 Å². The van der Waals surface area contributed by atoms with Gasteiger partial charge in [-0.25, -0.2) is 9.50 Å². The van der Waals surface area contributed by atoms with Crippen molar-refractivity contribution < 1.29 is 4.79 Å². The summed E-state index contributed by atoms with van der Waals surface area (Å²) in [6.07, 6.45) is 11.0. The first kappa shape index (κ1) is 18.5. The topological polar surface area (TPSA) is 50.5 Å². The van der Waals surface area contributed by atoms with Crippen molar-refractivity contribution in [3.8, 4) is 0 Å². The van der Waals surface area contributed by atoms with Crippen molar-refractivity contribution in [2.45, 2.75) is 71.6 Å². The molecule has 1 aliphatic carbocycles. The summed E-state index contributed by atoms with van der Waals surface area (Å²) in [6.45, 7) is 6.13. The third-order valence-electron chi connectivity index (χ3n) is 6.40. The van der Waals surface area contributed by atoms with E-state index in [2.05, 4.69) is 25.0 Å². The lowest BCUT2D eigenvalue weighted by molar-refractivity contribution is 0.0755. The summed E-state index contributed by atoms with van der Waals surface area (Å²) >= 11 is 0. The fourth-order valence-corrected chi connectivity index (χ4v) is 4.67. The zero-order valence-corrected chi connectivity index (χ0v) is 16.8. The first-order valence-corrected chi connectivity index (χ1v) is 10.8. The van der Waals surface area contributed by atoms with E-state index in [-0.39, 0.29) is 5.91 Å². The lowest BCUT2D eigenvalue weighted by Gasteiger charge is -2.25. The van der Waals surface area contributed by atoms with Crippen LogP contribution in [0, 0.1) is 18.8 Å². The van der Waals surface area contributed by atoms with Crippen LogP contribution in [0.25, 0.3) is 5.65 Å². The average Bonchev–Trinajstić information content (AvgIpc) is 2.90. The number of rotatable bonds is 3. The predicted octanol–water partition coefficient (Wildman–Crippen LogP) is 4.42. The van der Waals surface area contributed by atoms with Gasteiger partial charge in [0.2, 0.25) is 0 Å². The van der Waals surface area contributed by atoms with Gasteiger partial charge in [-0.1, -0.05) is 32.6 Å². The molecule has 2 aromatic heterocycles. The fraction of sp³-hybridized carbons (Fsp3) is 0.682. The van der Waals surface area contributed by atoms with Gasteiger partial charge in [0, 0.05) is 30.5 Å². The summed E-state index contributed by atoms with van der Waals surface area (Å²) in [4.78, 5) is 19.7. The van der Waals surface area contributed by atoms with Crippen LogP contribution in [0.3, 0.4) is 0 Å². The van der Waals surface area contributed by atoms with E-state index >= 15 is 0 Å². The number of amides is 1. The minimum absolute atomic E-state index is 0.0598. The van der Waals surface area contributed by atoms with Gasteiger partial charge < -0.3 is 4.90 Å². The summed E-state index contributed by atoms with van der Waals surface area (Å²) in [6, 6.07) is 4.03. The highest BCUT2D eigenvalue weighted by atomic mass is 16.2. The van der Waals surface area contributed by atoms with Gasteiger partial charge in [-0.15, -0.1) is 0 Å². The van der Waals surface area contributed by atoms with E-state index in [0.717, 1.165) is 61.2 Å². The van der Waals surface area contributed by atoms with Gasteiger partial charge in [0.25, 0.3) is 5.91 Å². The van der Waals surface area contributed by atoms with Crippen LogP contribution in [-0.4, -0.2) is 38.5 Å². The molecule has 0 atom stereocenters. The standard InChI is InChI=1S/C22H32N4O/c1-16-7-9-18(10-8-16)14-19-13-17(2)26-21(23-19)15-20(24-26)22(27)25-11-5-3-4-6-12-25/h13,15-16,18H,3-12,14H2,1-2H3. The molecule has 3 heterocycles. The van der Waals surface area contributed by atoms with E-state index in [1.165, 1.54) is 38.5 Å². The smallest absolute Gasteiger partial charge is 0.274 e. The quantitative estimate of drug-likeness (QED) is 0.806. The van der Waals surface area contributed by atoms with Gasteiger partial charge in [-0.05, 0) is 56.9 Å². The molecule has 1 saturated heterocycles. The second-order valence-corrected chi connectivity index (χ2v) is 8.72. The molecule has 0 radical (unpaired) electrons. The highest BCUT2D eigenvalue weighted by molar-refractivity contribution is 5.93. The van der Waals surface area contributed by atoms with Crippen molar-refractivity contribution >= 4 is 11.6 Å². The van der Waals surface area contributed by atoms with Crippen molar-refractivity contribution in [2.75, 3.05) is 13.1 Å². The Bertz CT molecular complexity index is 796. The van der Waals surface area contributed by atoms with Crippen LogP contribution < -0.4 is 0 Å². The van der Waals surface area contributed by atoms with Crippen molar-refractivity contribution in [1.82, 2.24) is 19.5 Å². The Kier molecular flexibility index (Phi) is 5.46. The van der Waals surface area contributed by atoms with Gasteiger partial charge in [0.05, 0.1) is 0 Å². The van der Waals surface area contributed by atoms with Gasteiger partial charge in [0.1, 0.15) is 0 Å². The molecule has 0 N–H and O–H groups in total. The molecule has 1 amide bonds. The van der Waals surface area contributed by atoms with E-state index in [1.807, 2.05) is 15.5 Å². The number of hydrogen-bond donors (Lipinski definition) is 0. The fourth-order valence-electron chi connectivity index (χ4n) is 4.67. The van der Waals surface area contributed by atoms with Crippen LogP contribution in [0.2, 0.25) is 0 Å². The molecule has 2 aliphatic rings. The molecular formula is C22H32N4O. The molecule has 4 rings (SSSR count). The van der Waals surface area contributed by atoms with E-state index < -0.39 is 0 Å². The molecule has 2 aromatic rings. The van der Waals surface area contributed by atoms with Gasteiger partial charge in [-0.3, -0.25) is 4.79 Å². The van der Waals surface area contributed by atoms with Gasteiger partial charge >= 0.3 is 0 Å². The second-order valence-electron chi connectivity index (χ2n) is 8.72. The third kappa shape index (κ3) is 4.17. The van der Waals surface area contributed by atoms with Crippen molar-refractivity contribution in [2.24, 2.45) is 11.8 Å². The Morgan fingerprint density at radius 3 is 2.48 bits per heavy atom. The molecule has 0 bridgehead atoms. The maximum absolute atomic E-state index is 12.9. The highest BCUT2D eigenvalue weighted by Crippen LogP contribution is 2.30. The Hall–Kier alpha value is -1.91. The maximum Gasteiger partial charge on any atom is 0.274 e. The molecule has 0 unspecified atom stereocenters. The first-order valence-electron chi connectivity index (χ1n) is 10.8. The minimum Gasteiger partial charge on any atom is -0.337 e. The number of hydrogen-bond acceptors (Lipinski definition) is 3. The van der Waals surface area contributed by atoms with Crippen LogP contribution >= 0.6 is 0 Å². The molecule has 5 heteroatoms. The molecule has 1 aliphatic heterocycles. The largest absolute Gasteiger partial charge is 0.337 e. The van der Waals surface area contributed by atoms with E-state index in [0.29, 0.717) is 5.69 Å². The highest BCUT2D eigenvalue weighted by Gasteiger charge is 2.22. The van der Waals surface area contributed by atoms with Crippen LogP contribution in [0.4, 0.5) is 0 Å². The maximum atomic E-state index is 12.9. The lowest BCUT2D eigenvalue weighted by Crippen LogP contribution is -2.32. The minimum atomic E-state index is 0.0598. The predicted molar refractivity (Wildman–Crippen MR) is 107 cm³/mol. The van der Waals surface area contributed by atoms with Crippen molar-refractivity contribution in [3.05, 3.63) is 29.2 Å². The molecule has 146 valence electrons. The zero-order valence-electron chi connectivity index (χ0n) is 16.8.